The van der Waals surface area contributed by atoms with E-state index in [1.807, 2.05) is 0 Å². The van der Waals surface area contributed by atoms with E-state index in [-0.39, 0.29) is 12.2 Å². The molecule has 30 heavy (non-hydrogen) atoms. The molecule has 1 saturated heterocycles. The Bertz CT molecular complexity index is 956. The first-order chi connectivity index (χ1) is 13.9. The number of rotatable bonds is 3. The van der Waals surface area contributed by atoms with Crippen LogP contribution in [0.15, 0.2) is 42.6 Å². The van der Waals surface area contributed by atoms with Crippen molar-refractivity contribution in [2.75, 3.05) is 18.9 Å². The van der Waals surface area contributed by atoms with Gasteiger partial charge in [0.05, 0.1) is 5.56 Å². The molecule has 1 aromatic heterocycles. The Balaban J connectivity index is 1.85. The lowest BCUT2D eigenvalue weighted by molar-refractivity contribution is -0.141. The summed E-state index contributed by atoms with van der Waals surface area (Å²) in [6.45, 7) is 0.0758. The van der Waals surface area contributed by atoms with Crippen molar-refractivity contribution in [3.63, 3.8) is 0 Å². The van der Waals surface area contributed by atoms with Gasteiger partial charge in [0.2, 0.25) is 11.8 Å². The fraction of sp³-hybridized carbons (Fsp3) is 0.316. The summed E-state index contributed by atoms with van der Waals surface area (Å²) >= 11 is 0. The van der Waals surface area contributed by atoms with Crippen molar-refractivity contribution < 1.29 is 35.9 Å². The second-order valence-electron chi connectivity index (χ2n) is 6.84. The average Bonchev–Trinajstić information content (AvgIpc) is 2.95. The number of likely N-dealkylation sites (N-methyl/N-ethyl adjacent to an activating group) is 1. The SMILES string of the molecule is CN1C[C@@H](c2ccc(C(F)(F)F)cc2)[C@H](C(=O)Nc2ccnc(C(F)(F)F)c2)C1=O. The number of benzene rings is 1. The molecule has 1 aliphatic rings. The molecule has 1 N–H and O–H groups in total. The number of hydrogen-bond acceptors (Lipinski definition) is 3. The van der Waals surface area contributed by atoms with Crippen molar-refractivity contribution in [2.24, 2.45) is 5.92 Å². The lowest BCUT2D eigenvalue weighted by Gasteiger charge is -2.18. The van der Waals surface area contributed by atoms with Crippen molar-refractivity contribution in [1.82, 2.24) is 9.88 Å². The topological polar surface area (TPSA) is 62.3 Å². The lowest BCUT2D eigenvalue weighted by Crippen LogP contribution is -2.32. The highest BCUT2D eigenvalue weighted by molar-refractivity contribution is 6.08. The molecule has 2 amide bonds. The molecule has 2 atom stereocenters. The highest BCUT2D eigenvalue weighted by Gasteiger charge is 2.44. The van der Waals surface area contributed by atoms with E-state index >= 15 is 0 Å². The predicted molar refractivity (Wildman–Crippen MR) is 93.2 cm³/mol. The molecular formula is C19H15F6N3O2. The molecule has 0 spiro atoms. The van der Waals surface area contributed by atoms with E-state index in [4.69, 9.17) is 0 Å². The fourth-order valence-corrected chi connectivity index (χ4v) is 3.30. The Kier molecular flexibility index (Phi) is 5.48. The Morgan fingerprint density at radius 2 is 1.70 bits per heavy atom. The molecule has 2 aromatic rings. The maximum absolute atomic E-state index is 12.8. The van der Waals surface area contributed by atoms with Crippen LogP contribution in [-0.4, -0.2) is 35.3 Å². The van der Waals surface area contributed by atoms with E-state index in [9.17, 15) is 35.9 Å². The summed E-state index contributed by atoms with van der Waals surface area (Å²) < 4.78 is 76.7. The van der Waals surface area contributed by atoms with Crippen LogP contribution in [0.4, 0.5) is 32.0 Å². The van der Waals surface area contributed by atoms with Crippen LogP contribution in [0, 0.1) is 5.92 Å². The second-order valence-corrected chi connectivity index (χ2v) is 6.84. The Morgan fingerprint density at radius 1 is 1.07 bits per heavy atom. The summed E-state index contributed by atoms with van der Waals surface area (Å²) in [5, 5.41) is 2.28. The minimum Gasteiger partial charge on any atom is -0.344 e. The number of alkyl halides is 6. The number of likely N-dealkylation sites (tertiary alicyclic amines) is 1. The van der Waals surface area contributed by atoms with Gasteiger partial charge in [0.1, 0.15) is 11.6 Å². The minimum absolute atomic E-state index is 0.0758. The van der Waals surface area contributed by atoms with E-state index in [1.54, 1.807) is 0 Å². The van der Waals surface area contributed by atoms with E-state index < -0.39 is 47.3 Å². The Hall–Kier alpha value is -3.11. The average molecular weight is 431 g/mol. The maximum Gasteiger partial charge on any atom is 0.433 e. The monoisotopic (exact) mass is 431 g/mol. The highest BCUT2D eigenvalue weighted by atomic mass is 19.4. The quantitative estimate of drug-likeness (QED) is 0.592. The zero-order valence-electron chi connectivity index (χ0n) is 15.4. The van der Waals surface area contributed by atoms with Gasteiger partial charge >= 0.3 is 12.4 Å². The third-order valence-electron chi connectivity index (χ3n) is 4.78. The summed E-state index contributed by atoms with van der Waals surface area (Å²) in [6.07, 6.45) is -8.38. The van der Waals surface area contributed by atoms with Gasteiger partial charge in [-0.25, -0.2) is 0 Å². The number of anilines is 1. The molecular weight excluding hydrogens is 416 g/mol. The zero-order chi connectivity index (χ0) is 22.3. The second kappa shape index (κ2) is 7.62. The molecule has 1 aromatic carbocycles. The number of carbonyl (C=O) groups excluding carboxylic acids is 2. The zero-order valence-corrected chi connectivity index (χ0v) is 15.4. The van der Waals surface area contributed by atoms with Gasteiger partial charge in [-0.15, -0.1) is 0 Å². The molecule has 0 bridgehead atoms. The van der Waals surface area contributed by atoms with Crippen molar-refractivity contribution in [1.29, 1.82) is 0 Å². The maximum atomic E-state index is 12.8. The number of nitrogens with zero attached hydrogens (tertiary/aromatic N) is 2. The molecule has 1 aliphatic heterocycles. The summed E-state index contributed by atoms with van der Waals surface area (Å²) in [5.41, 5.74) is -1.95. The van der Waals surface area contributed by atoms with Crippen LogP contribution in [0.5, 0.6) is 0 Å². The van der Waals surface area contributed by atoms with Gasteiger partial charge in [-0.05, 0) is 29.8 Å². The van der Waals surface area contributed by atoms with Crippen molar-refractivity contribution in [3.05, 3.63) is 59.4 Å². The summed E-state index contributed by atoms with van der Waals surface area (Å²) in [5.74, 6) is -3.49. The van der Waals surface area contributed by atoms with Gasteiger partial charge in [-0.2, -0.15) is 26.3 Å². The number of hydrogen-bond donors (Lipinski definition) is 1. The minimum atomic E-state index is -4.72. The predicted octanol–water partition coefficient (Wildman–Crippen LogP) is 3.93. The van der Waals surface area contributed by atoms with E-state index in [0.717, 1.165) is 24.4 Å². The molecule has 0 saturated carbocycles. The number of amides is 2. The van der Waals surface area contributed by atoms with Crippen molar-refractivity contribution in [2.45, 2.75) is 18.3 Å². The molecule has 2 heterocycles. The number of aromatic nitrogens is 1. The van der Waals surface area contributed by atoms with Gasteiger partial charge in [0.15, 0.2) is 0 Å². The fourth-order valence-electron chi connectivity index (χ4n) is 3.30. The summed E-state index contributed by atoms with van der Waals surface area (Å²) in [7, 11) is 1.43. The smallest absolute Gasteiger partial charge is 0.344 e. The normalized spacial score (nSPS) is 19.8. The number of nitrogens with one attached hydrogen (secondary N) is 1. The number of carbonyl (C=O) groups is 2. The van der Waals surface area contributed by atoms with Gasteiger partial charge in [-0.3, -0.25) is 14.6 Å². The molecule has 5 nitrogen and oxygen atoms in total. The standard InChI is InChI=1S/C19H15F6N3O2/c1-28-9-13(10-2-4-11(5-3-10)18(20,21)22)15(17(28)30)16(29)27-12-6-7-26-14(8-12)19(23,24)25/h2-8,13,15H,9H2,1H3,(H,26,27,29)/t13-,15+/m0/s1. The largest absolute Gasteiger partial charge is 0.433 e. The molecule has 0 radical (unpaired) electrons. The highest BCUT2D eigenvalue weighted by Crippen LogP contribution is 2.36. The van der Waals surface area contributed by atoms with Gasteiger partial charge in [-0.1, -0.05) is 12.1 Å². The van der Waals surface area contributed by atoms with E-state index in [0.29, 0.717) is 11.6 Å². The number of halogens is 6. The molecule has 1 fully saturated rings. The Morgan fingerprint density at radius 3 is 2.27 bits per heavy atom. The van der Waals surface area contributed by atoms with E-state index in [2.05, 4.69) is 10.3 Å². The van der Waals surface area contributed by atoms with Crippen LogP contribution in [0.2, 0.25) is 0 Å². The summed E-state index contributed by atoms with van der Waals surface area (Å²) in [6, 6.07) is 5.86. The third-order valence-corrected chi connectivity index (χ3v) is 4.78. The van der Waals surface area contributed by atoms with Crippen LogP contribution >= 0.6 is 0 Å². The molecule has 11 heteroatoms. The Labute approximate surface area is 166 Å². The van der Waals surface area contributed by atoms with Crippen LogP contribution < -0.4 is 5.32 Å². The van der Waals surface area contributed by atoms with Crippen molar-refractivity contribution in [3.8, 4) is 0 Å². The van der Waals surface area contributed by atoms with Gasteiger partial charge in [0.25, 0.3) is 0 Å². The number of pyridine rings is 1. The van der Waals surface area contributed by atoms with Crippen LogP contribution in [0.3, 0.4) is 0 Å². The molecule has 0 aliphatic carbocycles. The molecule has 3 rings (SSSR count). The molecule has 0 unspecified atom stereocenters. The molecule has 160 valence electrons. The van der Waals surface area contributed by atoms with Gasteiger partial charge < -0.3 is 10.2 Å². The van der Waals surface area contributed by atoms with Gasteiger partial charge in [0, 0.05) is 31.4 Å². The first-order valence-electron chi connectivity index (χ1n) is 8.64. The first-order valence-corrected chi connectivity index (χ1v) is 8.64. The van der Waals surface area contributed by atoms with Crippen LogP contribution in [0.1, 0.15) is 22.7 Å². The third kappa shape index (κ3) is 4.39. The summed E-state index contributed by atoms with van der Waals surface area (Å²) in [4.78, 5) is 29.6. The van der Waals surface area contributed by atoms with Crippen LogP contribution in [-0.2, 0) is 21.9 Å². The van der Waals surface area contributed by atoms with Crippen molar-refractivity contribution >= 4 is 17.5 Å². The lowest BCUT2D eigenvalue weighted by atomic mass is 9.87. The van der Waals surface area contributed by atoms with E-state index in [1.165, 1.54) is 24.1 Å². The van der Waals surface area contributed by atoms with Crippen LogP contribution in [0.25, 0.3) is 0 Å². The first kappa shape index (κ1) is 21.6.